The average molecular weight is 433 g/mol. The number of benzene rings is 2. The minimum atomic E-state index is -3.70. The van der Waals surface area contributed by atoms with Crippen molar-refractivity contribution in [1.29, 1.82) is 0 Å². The first-order chi connectivity index (χ1) is 15.0. The quantitative estimate of drug-likeness (QED) is 0.463. The van der Waals surface area contributed by atoms with Gasteiger partial charge in [0.05, 0.1) is 17.5 Å². The molecule has 2 aromatic carbocycles. The Kier molecular flexibility index (Phi) is 5.90. The lowest BCUT2D eigenvalue weighted by Crippen LogP contribution is -2.10. The van der Waals surface area contributed by atoms with E-state index in [9.17, 15) is 8.42 Å². The molecule has 0 atom stereocenters. The molecule has 8 heteroatoms. The van der Waals surface area contributed by atoms with Gasteiger partial charge in [0, 0.05) is 18.0 Å². The summed E-state index contributed by atoms with van der Waals surface area (Å²) in [6.07, 6.45) is 5.15. The fraction of sp³-hybridized carbons (Fsp3) is 0.0870. The van der Waals surface area contributed by atoms with Crippen LogP contribution in [0.5, 0.6) is 0 Å². The van der Waals surface area contributed by atoms with E-state index in [0.717, 1.165) is 27.7 Å². The lowest BCUT2D eigenvalue weighted by molar-refractivity contribution is 0.386. The molecule has 1 N–H and O–H groups in total. The maximum Gasteiger partial charge on any atom is 0.255 e. The minimum absolute atomic E-state index is 0.290. The Morgan fingerprint density at radius 3 is 2.52 bits per heavy atom. The summed E-state index contributed by atoms with van der Waals surface area (Å²) in [6, 6.07) is 18.3. The van der Waals surface area contributed by atoms with Crippen molar-refractivity contribution in [3.63, 3.8) is 0 Å². The monoisotopic (exact) mass is 432 g/mol. The number of sulfonamides is 1. The van der Waals surface area contributed by atoms with E-state index in [1.165, 1.54) is 0 Å². The predicted octanol–water partition coefficient (Wildman–Crippen LogP) is 4.44. The number of aromatic nitrogens is 3. The van der Waals surface area contributed by atoms with Crippen LogP contribution in [0, 0.1) is 6.92 Å². The Labute approximate surface area is 180 Å². The second-order valence-electron chi connectivity index (χ2n) is 6.94. The molecule has 0 saturated heterocycles. The highest BCUT2D eigenvalue weighted by molar-refractivity contribution is 7.95. The molecule has 156 valence electrons. The standard InChI is InChI=1S/C23H20N4O3S/c1-17-6-8-18(9-7-17)12-15-31(28,29)27-21-5-3-2-4-20(21)16-22-25-23(26-30-22)19-10-13-24-14-11-19/h2-15,27H,16H2,1H3. The van der Waals surface area contributed by atoms with Crippen molar-refractivity contribution >= 4 is 21.8 Å². The number of pyridine rings is 1. The van der Waals surface area contributed by atoms with Gasteiger partial charge in [0.15, 0.2) is 0 Å². The van der Waals surface area contributed by atoms with Crippen LogP contribution in [0.15, 0.2) is 83.0 Å². The van der Waals surface area contributed by atoms with Gasteiger partial charge in [-0.3, -0.25) is 9.71 Å². The van der Waals surface area contributed by atoms with Crippen LogP contribution in [0.3, 0.4) is 0 Å². The lowest BCUT2D eigenvalue weighted by Gasteiger charge is -2.09. The van der Waals surface area contributed by atoms with Crippen molar-refractivity contribution < 1.29 is 12.9 Å². The van der Waals surface area contributed by atoms with E-state index in [-0.39, 0.29) is 0 Å². The lowest BCUT2D eigenvalue weighted by atomic mass is 10.1. The minimum Gasteiger partial charge on any atom is -0.339 e. The fourth-order valence-corrected chi connectivity index (χ4v) is 3.82. The third-order valence-corrected chi connectivity index (χ3v) is 5.53. The van der Waals surface area contributed by atoms with Crippen molar-refractivity contribution in [3.8, 4) is 11.4 Å². The number of nitrogens with one attached hydrogen (secondary N) is 1. The molecule has 0 amide bonds. The van der Waals surface area contributed by atoms with E-state index < -0.39 is 10.0 Å². The Hall–Kier alpha value is -3.78. The molecule has 0 aliphatic heterocycles. The van der Waals surface area contributed by atoms with Gasteiger partial charge in [-0.2, -0.15) is 4.98 Å². The summed E-state index contributed by atoms with van der Waals surface area (Å²) in [5.74, 6) is 0.838. The van der Waals surface area contributed by atoms with Gasteiger partial charge in [-0.05, 0) is 42.3 Å². The van der Waals surface area contributed by atoms with E-state index in [2.05, 4.69) is 19.8 Å². The van der Waals surface area contributed by atoms with E-state index in [0.29, 0.717) is 23.8 Å². The van der Waals surface area contributed by atoms with Crippen LogP contribution in [0.1, 0.15) is 22.6 Å². The first-order valence-electron chi connectivity index (χ1n) is 9.57. The number of hydrogen-bond acceptors (Lipinski definition) is 6. The number of rotatable bonds is 7. The second kappa shape index (κ2) is 8.93. The maximum atomic E-state index is 12.6. The van der Waals surface area contributed by atoms with Crippen LogP contribution in [0.25, 0.3) is 17.5 Å². The van der Waals surface area contributed by atoms with Crippen LogP contribution in [0.2, 0.25) is 0 Å². The highest BCUT2D eigenvalue weighted by atomic mass is 32.2. The first-order valence-corrected chi connectivity index (χ1v) is 11.1. The maximum absolute atomic E-state index is 12.6. The molecule has 0 bridgehead atoms. The van der Waals surface area contributed by atoms with Crippen molar-refractivity contribution in [2.45, 2.75) is 13.3 Å². The Balaban J connectivity index is 1.51. The van der Waals surface area contributed by atoms with Gasteiger partial charge < -0.3 is 4.52 Å². The van der Waals surface area contributed by atoms with Crippen LogP contribution in [0.4, 0.5) is 5.69 Å². The number of aryl methyl sites for hydroxylation is 1. The Bertz CT molecular complexity index is 1300. The molecule has 0 radical (unpaired) electrons. The highest BCUT2D eigenvalue weighted by Gasteiger charge is 2.14. The molecule has 0 unspecified atom stereocenters. The molecule has 7 nitrogen and oxygen atoms in total. The van der Waals surface area contributed by atoms with Gasteiger partial charge in [-0.1, -0.05) is 53.2 Å². The van der Waals surface area contributed by atoms with Gasteiger partial charge in [0.2, 0.25) is 11.7 Å². The SMILES string of the molecule is Cc1ccc(C=CS(=O)(=O)Nc2ccccc2Cc2nc(-c3ccncc3)no2)cc1. The third kappa shape index (κ3) is 5.43. The normalized spacial score (nSPS) is 11.6. The molecule has 0 saturated carbocycles. The number of anilines is 1. The Morgan fingerprint density at radius 1 is 1.00 bits per heavy atom. The molecule has 31 heavy (non-hydrogen) atoms. The highest BCUT2D eigenvalue weighted by Crippen LogP contribution is 2.22. The van der Waals surface area contributed by atoms with Gasteiger partial charge in [-0.15, -0.1) is 0 Å². The largest absolute Gasteiger partial charge is 0.339 e. The van der Waals surface area contributed by atoms with Gasteiger partial charge >= 0.3 is 0 Å². The topological polar surface area (TPSA) is 98.0 Å². The number of para-hydroxylation sites is 1. The Morgan fingerprint density at radius 2 is 1.74 bits per heavy atom. The zero-order chi connectivity index (χ0) is 21.7. The van der Waals surface area contributed by atoms with Crippen molar-refractivity contribution in [2.24, 2.45) is 0 Å². The molecule has 0 fully saturated rings. The predicted molar refractivity (Wildman–Crippen MR) is 120 cm³/mol. The van der Waals surface area contributed by atoms with E-state index in [1.54, 1.807) is 42.7 Å². The molecular weight excluding hydrogens is 412 g/mol. The molecule has 2 aromatic heterocycles. The molecular formula is C23H20N4O3S. The smallest absolute Gasteiger partial charge is 0.255 e. The summed E-state index contributed by atoms with van der Waals surface area (Å²) >= 11 is 0. The van der Waals surface area contributed by atoms with Crippen LogP contribution < -0.4 is 4.72 Å². The molecule has 2 heterocycles. The van der Waals surface area contributed by atoms with E-state index >= 15 is 0 Å². The van der Waals surface area contributed by atoms with Crippen LogP contribution in [-0.2, 0) is 16.4 Å². The average Bonchev–Trinajstić information content (AvgIpc) is 3.24. The van der Waals surface area contributed by atoms with Crippen LogP contribution in [-0.4, -0.2) is 23.5 Å². The zero-order valence-electron chi connectivity index (χ0n) is 16.8. The van der Waals surface area contributed by atoms with E-state index in [1.807, 2.05) is 43.3 Å². The van der Waals surface area contributed by atoms with E-state index in [4.69, 9.17) is 4.52 Å². The molecule has 4 rings (SSSR count). The van der Waals surface area contributed by atoms with Crippen molar-refractivity contribution in [3.05, 3.63) is 101 Å². The molecule has 0 aliphatic carbocycles. The second-order valence-corrected chi connectivity index (χ2v) is 8.51. The summed E-state index contributed by atoms with van der Waals surface area (Å²) < 4.78 is 33.1. The molecule has 4 aromatic rings. The zero-order valence-corrected chi connectivity index (χ0v) is 17.6. The fourth-order valence-electron chi connectivity index (χ4n) is 2.91. The summed E-state index contributed by atoms with van der Waals surface area (Å²) in [5, 5.41) is 5.15. The summed E-state index contributed by atoms with van der Waals surface area (Å²) in [6.45, 7) is 1.98. The van der Waals surface area contributed by atoms with Crippen LogP contribution >= 0.6 is 0 Å². The third-order valence-electron chi connectivity index (χ3n) is 4.53. The van der Waals surface area contributed by atoms with Gasteiger partial charge in [-0.25, -0.2) is 8.42 Å². The van der Waals surface area contributed by atoms with Gasteiger partial charge in [0.1, 0.15) is 0 Å². The van der Waals surface area contributed by atoms with Crippen molar-refractivity contribution in [2.75, 3.05) is 4.72 Å². The number of hydrogen-bond donors (Lipinski definition) is 1. The van der Waals surface area contributed by atoms with Crippen molar-refractivity contribution in [1.82, 2.24) is 15.1 Å². The summed E-state index contributed by atoms with van der Waals surface area (Å²) in [4.78, 5) is 8.37. The summed E-state index contributed by atoms with van der Waals surface area (Å²) in [5.41, 5.74) is 3.89. The molecule has 0 aliphatic rings. The first kappa shape index (κ1) is 20.5. The molecule has 0 spiro atoms. The summed E-state index contributed by atoms with van der Waals surface area (Å²) in [7, 11) is -3.70. The number of nitrogens with zero attached hydrogens (tertiary/aromatic N) is 3. The van der Waals surface area contributed by atoms with Gasteiger partial charge in [0.25, 0.3) is 10.0 Å².